The van der Waals surface area contributed by atoms with E-state index in [4.69, 9.17) is 0 Å². The molecule has 7 nitrogen and oxygen atoms in total. The predicted molar refractivity (Wildman–Crippen MR) is 76.5 cm³/mol. The zero-order valence-electron chi connectivity index (χ0n) is 12.4. The molecule has 1 atom stereocenters. The van der Waals surface area contributed by atoms with Gasteiger partial charge in [0.05, 0.1) is 24.0 Å². The number of nitrogens with one attached hydrogen (secondary N) is 2. The summed E-state index contributed by atoms with van der Waals surface area (Å²) < 4.78 is 0. The molecule has 0 radical (unpaired) electrons. The number of carboxylic acids is 1. The number of urea groups is 1. The standard InChI is InChI=1S/C14H22N4O3/c1-14(2,12(19)20)10-4-3-5-18(8-10)13(21)16-7-11-6-15-9-17-11/h6,9-10H,3-5,7-8H2,1-2H3,(H,15,17)(H,16,21)(H,19,20). The van der Waals surface area contributed by atoms with Gasteiger partial charge in [-0.3, -0.25) is 4.79 Å². The summed E-state index contributed by atoms with van der Waals surface area (Å²) in [6.45, 7) is 5.00. The maximum atomic E-state index is 12.2. The van der Waals surface area contributed by atoms with Gasteiger partial charge in [0.1, 0.15) is 0 Å². The molecule has 2 rings (SSSR count). The van der Waals surface area contributed by atoms with Crippen LogP contribution in [0.1, 0.15) is 32.4 Å². The Hall–Kier alpha value is -2.05. The number of nitrogens with zero attached hydrogens (tertiary/aromatic N) is 2. The molecule has 1 aromatic rings. The first-order valence-corrected chi connectivity index (χ1v) is 7.14. The van der Waals surface area contributed by atoms with Crippen LogP contribution in [-0.4, -0.2) is 45.1 Å². The summed E-state index contributed by atoms with van der Waals surface area (Å²) in [7, 11) is 0. The highest BCUT2D eigenvalue weighted by atomic mass is 16.4. The second-order valence-electron chi connectivity index (χ2n) is 6.05. The molecule has 3 N–H and O–H groups in total. The van der Waals surface area contributed by atoms with Gasteiger partial charge in [-0.25, -0.2) is 9.78 Å². The number of aromatic amines is 1. The van der Waals surface area contributed by atoms with Gasteiger partial charge < -0.3 is 20.3 Å². The van der Waals surface area contributed by atoms with Crippen molar-refractivity contribution in [3.8, 4) is 0 Å². The molecule has 21 heavy (non-hydrogen) atoms. The Morgan fingerprint density at radius 1 is 1.57 bits per heavy atom. The van der Waals surface area contributed by atoms with Crippen molar-refractivity contribution in [2.24, 2.45) is 11.3 Å². The molecule has 0 spiro atoms. The third kappa shape index (κ3) is 3.53. The molecule has 1 saturated heterocycles. The van der Waals surface area contributed by atoms with Crippen molar-refractivity contribution in [3.05, 3.63) is 18.2 Å². The van der Waals surface area contributed by atoms with E-state index in [1.54, 1.807) is 31.3 Å². The van der Waals surface area contributed by atoms with Crippen LogP contribution in [0, 0.1) is 11.3 Å². The van der Waals surface area contributed by atoms with Crippen LogP contribution in [-0.2, 0) is 11.3 Å². The number of carbonyl (C=O) groups excluding carboxylic acids is 1. The molecular formula is C14H22N4O3. The highest BCUT2D eigenvalue weighted by molar-refractivity contribution is 5.76. The van der Waals surface area contributed by atoms with E-state index in [0.717, 1.165) is 18.5 Å². The normalized spacial score (nSPS) is 19.3. The molecule has 0 aliphatic carbocycles. The predicted octanol–water partition coefficient (Wildman–Crippen LogP) is 1.44. The monoisotopic (exact) mass is 294 g/mol. The van der Waals surface area contributed by atoms with E-state index in [9.17, 15) is 14.7 Å². The van der Waals surface area contributed by atoms with E-state index in [-0.39, 0.29) is 11.9 Å². The first-order valence-electron chi connectivity index (χ1n) is 7.14. The number of carboxylic acid groups (broad SMARTS) is 1. The largest absolute Gasteiger partial charge is 0.481 e. The molecule has 116 valence electrons. The van der Waals surface area contributed by atoms with Crippen molar-refractivity contribution in [3.63, 3.8) is 0 Å². The molecule has 7 heteroatoms. The van der Waals surface area contributed by atoms with Crippen LogP contribution in [0.25, 0.3) is 0 Å². The zero-order chi connectivity index (χ0) is 15.5. The molecule has 0 bridgehead atoms. The van der Waals surface area contributed by atoms with Crippen LogP contribution in [0.2, 0.25) is 0 Å². The molecule has 1 aliphatic heterocycles. The lowest BCUT2D eigenvalue weighted by Gasteiger charge is -2.39. The van der Waals surface area contributed by atoms with E-state index in [1.807, 2.05) is 0 Å². The SMILES string of the molecule is CC(C)(C(=O)O)C1CCCN(C(=O)NCc2cnc[nH]2)C1. The molecule has 2 heterocycles. The fourth-order valence-electron chi connectivity index (χ4n) is 2.59. The molecule has 1 fully saturated rings. The number of piperidine rings is 1. The summed E-state index contributed by atoms with van der Waals surface area (Å²) in [5.74, 6) is -0.839. The van der Waals surface area contributed by atoms with Gasteiger partial charge in [0.25, 0.3) is 0 Å². The van der Waals surface area contributed by atoms with Gasteiger partial charge in [-0.2, -0.15) is 0 Å². The Balaban J connectivity index is 1.91. The lowest BCUT2D eigenvalue weighted by molar-refractivity contribution is -0.151. The summed E-state index contributed by atoms with van der Waals surface area (Å²) in [4.78, 5) is 32.0. The molecule has 0 saturated carbocycles. The number of aliphatic carboxylic acids is 1. The van der Waals surface area contributed by atoms with Gasteiger partial charge in [0.2, 0.25) is 0 Å². The maximum Gasteiger partial charge on any atom is 0.317 e. The van der Waals surface area contributed by atoms with Gasteiger partial charge in [-0.05, 0) is 32.6 Å². The lowest BCUT2D eigenvalue weighted by atomic mass is 9.74. The summed E-state index contributed by atoms with van der Waals surface area (Å²) in [6.07, 6.45) is 4.89. The van der Waals surface area contributed by atoms with Crippen LogP contribution in [0.3, 0.4) is 0 Å². The van der Waals surface area contributed by atoms with E-state index in [2.05, 4.69) is 15.3 Å². The minimum absolute atomic E-state index is 0.0262. The minimum atomic E-state index is -0.817. The number of likely N-dealkylation sites (tertiary alicyclic amines) is 1. The summed E-state index contributed by atoms with van der Waals surface area (Å²) in [5.41, 5.74) is 0.0188. The Morgan fingerprint density at radius 2 is 2.33 bits per heavy atom. The Morgan fingerprint density at radius 3 is 2.95 bits per heavy atom. The molecule has 1 unspecified atom stereocenters. The number of aromatic nitrogens is 2. The summed E-state index contributed by atoms with van der Waals surface area (Å²) in [5, 5.41) is 12.1. The number of hydrogen-bond acceptors (Lipinski definition) is 3. The lowest BCUT2D eigenvalue weighted by Crippen LogP contribution is -2.49. The molecular weight excluding hydrogens is 272 g/mol. The molecule has 0 aromatic carbocycles. The van der Waals surface area contributed by atoms with Crippen LogP contribution in [0.15, 0.2) is 12.5 Å². The van der Waals surface area contributed by atoms with Gasteiger partial charge in [0.15, 0.2) is 0 Å². The third-order valence-electron chi connectivity index (χ3n) is 4.27. The molecule has 1 aromatic heterocycles. The van der Waals surface area contributed by atoms with Crippen LogP contribution in [0.4, 0.5) is 4.79 Å². The zero-order valence-corrected chi connectivity index (χ0v) is 12.4. The summed E-state index contributed by atoms with van der Waals surface area (Å²) >= 11 is 0. The number of H-pyrrole nitrogens is 1. The Bertz CT molecular complexity index is 498. The second-order valence-corrected chi connectivity index (χ2v) is 6.05. The summed E-state index contributed by atoms with van der Waals surface area (Å²) in [6, 6.07) is -0.157. The van der Waals surface area contributed by atoms with E-state index in [0.29, 0.717) is 19.6 Å². The fraction of sp³-hybridized carbons (Fsp3) is 0.643. The number of carbonyl (C=O) groups is 2. The van der Waals surface area contributed by atoms with Crippen molar-refractivity contribution >= 4 is 12.0 Å². The van der Waals surface area contributed by atoms with E-state index >= 15 is 0 Å². The number of imidazole rings is 1. The van der Waals surface area contributed by atoms with Crippen molar-refractivity contribution < 1.29 is 14.7 Å². The van der Waals surface area contributed by atoms with Gasteiger partial charge >= 0.3 is 12.0 Å². The second kappa shape index (κ2) is 6.15. The smallest absolute Gasteiger partial charge is 0.317 e. The van der Waals surface area contributed by atoms with Crippen molar-refractivity contribution in [2.45, 2.75) is 33.2 Å². The topological polar surface area (TPSA) is 98.3 Å². The number of amides is 2. The molecule has 1 aliphatic rings. The van der Waals surface area contributed by atoms with Crippen molar-refractivity contribution in [1.82, 2.24) is 20.2 Å². The number of hydrogen-bond donors (Lipinski definition) is 3. The van der Waals surface area contributed by atoms with Gasteiger partial charge in [-0.1, -0.05) is 0 Å². The van der Waals surface area contributed by atoms with E-state index in [1.165, 1.54) is 0 Å². The fourth-order valence-corrected chi connectivity index (χ4v) is 2.59. The third-order valence-corrected chi connectivity index (χ3v) is 4.27. The quantitative estimate of drug-likeness (QED) is 0.782. The average molecular weight is 294 g/mol. The van der Waals surface area contributed by atoms with Crippen molar-refractivity contribution in [2.75, 3.05) is 13.1 Å². The maximum absolute atomic E-state index is 12.2. The number of rotatable bonds is 4. The average Bonchev–Trinajstić information content (AvgIpc) is 2.98. The molecule has 2 amide bonds. The highest BCUT2D eigenvalue weighted by Gasteiger charge is 2.39. The van der Waals surface area contributed by atoms with Crippen LogP contribution >= 0.6 is 0 Å². The first kappa shape index (κ1) is 15.3. The highest BCUT2D eigenvalue weighted by Crippen LogP contribution is 2.34. The van der Waals surface area contributed by atoms with Crippen LogP contribution in [0.5, 0.6) is 0 Å². The van der Waals surface area contributed by atoms with Crippen LogP contribution < -0.4 is 5.32 Å². The van der Waals surface area contributed by atoms with Gasteiger partial charge in [-0.15, -0.1) is 0 Å². The van der Waals surface area contributed by atoms with Crippen molar-refractivity contribution in [1.29, 1.82) is 0 Å². The Kier molecular flexibility index (Phi) is 4.50. The van der Waals surface area contributed by atoms with Gasteiger partial charge in [0, 0.05) is 19.3 Å². The Labute approximate surface area is 123 Å². The van der Waals surface area contributed by atoms with E-state index < -0.39 is 11.4 Å². The first-order chi connectivity index (χ1) is 9.91. The minimum Gasteiger partial charge on any atom is -0.481 e.